The molecule has 152 valence electrons. The van der Waals surface area contributed by atoms with Crippen molar-refractivity contribution < 1.29 is 27.9 Å². The molecule has 1 saturated heterocycles. The molecule has 29 heavy (non-hydrogen) atoms. The Bertz CT molecular complexity index is 985. The average Bonchev–Trinajstić information content (AvgIpc) is 3.43. The molecule has 0 radical (unpaired) electrons. The van der Waals surface area contributed by atoms with Crippen molar-refractivity contribution in [1.29, 1.82) is 0 Å². The summed E-state index contributed by atoms with van der Waals surface area (Å²) in [6.07, 6.45) is 1.31. The van der Waals surface area contributed by atoms with Gasteiger partial charge in [0.15, 0.2) is 0 Å². The van der Waals surface area contributed by atoms with Gasteiger partial charge in [0, 0.05) is 18.1 Å². The topological polar surface area (TPSA) is 109 Å². The minimum absolute atomic E-state index is 0.0406. The van der Waals surface area contributed by atoms with Gasteiger partial charge in [-0.05, 0) is 25.5 Å². The molecule has 9 nitrogen and oxygen atoms in total. The highest BCUT2D eigenvalue weighted by Gasteiger charge is 2.20. The minimum atomic E-state index is -0.560. The predicted molar refractivity (Wildman–Crippen MR) is 99.3 cm³/mol. The number of carbonyl (C=O) groups is 1. The molecule has 11 heteroatoms. The van der Waals surface area contributed by atoms with Crippen molar-refractivity contribution in [3.63, 3.8) is 0 Å². The molecule has 4 heterocycles. The van der Waals surface area contributed by atoms with E-state index in [1.165, 1.54) is 18.2 Å². The number of hydrogen-bond donors (Lipinski definition) is 1. The van der Waals surface area contributed by atoms with E-state index in [2.05, 4.69) is 19.8 Å². The van der Waals surface area contributed by atoms with Crippen molar-refractivity contribution in [3.05, 3.63) is 41.5 Å². The summed E-state index contributed by atoms with van der Waals surface area (Å²) in [5, 5.41) is 7.01. The highest BCUT2D eigenvalue weighted by Crippen LogP contribution is 2.28. The van der Waals surface area contributed by atoms with Crippen LogP contribution >= 0.6 is 11.5 Å². The van der Waals surface area contributed by atoms with Crippen LogP contribution < -0.4 is 14.8 Å². The second-order valence-corrected chi connectivity index (χ2v) is 7.06. The first kappa shape index (κ1) is 19.3. The Morgan fingerprint density at radius 3 is 3.10 bits per heavy atom. The molecule has 0 aliphatic carbocycles. The fourth-order valence-electron chi connectivity index (χ4n) is 2.72. The second-order valence-electron chi connectivity index (χ2n) is 6.29. The zero-order valence-electron chi connectivity index (χ0n) is 15.4. The van der Waals surface area contributed by atoms with Gasteiger partial charge in [-0.2, -0.15) is 4.37 Å². The zero-order valence-corrected chi connectivity index (χ0v) is 16.2. The van der Waals surface area contributed by atoms with E-state index in [4.69, 9.17) is 18.7 Å². The molecule has 3 aromatic heterocycles. The van der Waals surface area contributed by atoms with E-state index >= 15 is 0 Å². The summed E-state index contributed by atoms with van der Waals surface area (Å²) in [6, 6.07) is 4.29. The molecule has 1 amide bonds. The molecule has 0 bridgehead atoms. The van der Waals surface area contributed by atoms with Gasteiger partial charge in [-0.1, -0.05) is 5.16 Å². The monoisotopic (exact) mass is 420 g/mol. The average molecular weight is 420 g/mol. The highest BCUT2D eigenvalue weighted by atomic mass is 32.1. The predicted octanol–water partition coefficient (Wildman–Crippen LogP) is 3.10. The van der Waals surface area contributed by atoms with Crippen molar-refractivity contribution in [1.82, 2.24) is 19.8 Å². The van der Waals surface area contributed by atoms with Crippen LogP contribution in [-0.2, 0) is 11.3 Å². The fraction of sp³-hybridized carbons (Fsp3) is 0.333. The molecule has 1 aliphatic rings. The summed E-state index contributed by atoms with van der Waals surface area (Å²) in [6.45, 7) is 2.96. The standard InChI is InChI=1S/C18H17FN4O5S/c1-10-13(17(22-28-10)14-3-2-11(19)7-20-14)9-26-15-6-16(29-23-15)27-18(24)21-12-4-5-25-8-12/h2-3,6-7,12H,4-5,8-9H2,1H3,(H,21,24). The Balaban J connectivity index is 1.37. The number of nitrogens with one attached hydrogen (secondary N) is 1. The SMILES string of the molecule is Cc1onc(-c2ccc(F)cn2)c1COc1cc(OC(=O)NC2CCOC2)sn1. The second kappa shape index (κ2) is 8.53. The maximum atomic E-state index is 13.1. The summed E-state index contributed by atoms with van der Waals surface area (Å²) in [5.74, 6) is 0.405. The quantitative estimate of drug-likeness (QED) is 0.648. The van der Waals surface area contributed by atoms with Crippen molar-refractivity contribution in [2.45, 2.75) is 26.0 Å². The van der Waals surface area contributed by atoms with Crippen molar-refractivity contribution >= 4 is 17.6 Å². The maximum absolute atomic E-state index is 13.1. The van der Waals surface area contributed by atoms with Gasteiger partial charge >= 0.3 is 6.09 Å². The molecule has 1 unspecified atom stereocenters. The van der Waals surface area contributed by atoms with Crippen LogP contribution in [0.25, 0.3) is 11.4 Å². The Hall–Kier alpha value is -3.05. The van der Waals surface area contributed by atoms with Crippen LogP contribution in [-0.4, -0.2) is 39.9 Å². The summed E-state index contributed by atoms with van der Waals surface area (Å²) in [5.41, 5.74) is 1.60. The van der Waals surface area contributed by atoms with Crippen LogP contribution in [0, 0.1) is 12.7 Å². The Labute approximate surface area is 168 Å². The van der Waals surface area contributed by atoms with Crippen molar-refractivity contribution in [3.8, 4) is 22.3 Å². The van der Waals surface area contributed by atoms with Gasteiger partial charge in [-0.15, -0.1) is 0 Å². The Kier molecular flexibility index (Phi) is 5.67. The number of amides is 1. The molecular formula is C18H17FN4O5S. The molecule has 0 saturated carbocycles. The summed E-state index contributed by atoms with van der Waals surface area (Å²) in [7, 11) is 0. The number of carbonyl (C=O) groups excluding carboxylic acids is 1. The van der Waals surface area contributed by atoms with Gasteiger partial charge in [0.25, 0.3) is 0 Å². The van der Waals surface area contributed by atoms with Gasteiger partial charge in [0.1, 0.15) is 23.9 Å². The minimum Gasteiger partial charge on any atom is -0.472 e. The number of rotatable bonds is 6. The van der Waals surface area contributed by atoms with Gasteiger partial charge < -0.3 is 24.1 Å². The van der Waals surface area contributed by atoms with Gasteiger partial charge in [-0.25, -0.2) is 9.18 Å². The van der Waals surface area contributed by atoms with Gasteiger partial charge in [-0.3, -0.25) is 4.98 Å². The molecule has 3 aromatic rings. The first-order chi connectivity index (χ1) is 14.1. The number of aryl methyl sites for hydroxylation is 1. The van der Waals surface area contributed by atoms with E-state index in [0.29, 0.717) is 46.9 Å². The number of hydrogen-bond acceptors (Lipinski definition) is 9. The van der Waals surface area contributed by atoms with E-state index in [-0.39, 0.29) is 12.6 Å². The van der Waals surface area contributed by atoms with Crippen LogP contribution in [0.1, 0.15) is 17.7 Å². The molecular weight excluding hydrogens is 403 g/mol. The molecule has 1 N–H and O–H groups in total. The number of pyridine rings is 1. The number of ether oxygens (including phenoxy) is 3. The van der Waals surface area contributed by atoms with Crippen LogP contribution in [0.3, 0.4) is 0 Å². The molecule has 1 atom stereocenters. The molecule has 0 aromatic carbocycles. The molecule has 0 spiro atoms. The lowest BCUT2D eigenvalue weighted by Crippen LogP contribution is -2.36. The lowest BCUT2D eigenvalue weighted by Gasteiger charge is -2.09. The Morgan fingerprint density at radius 1 is 1.45 bits per heavy atom. The fourth-order valence-corrected chi connectivity index (χ4v) is 3.27. The Morgan fingerprint density at radius 2 is 2.34 bits per heavy atom. The largest absolute Gasteiger partial charge is 0.472 e. The van der Waals surface area contributed by atoms with Crippen molar-refractivity contribution in [2.75, 3.05) is 13.2 Å². The first-order valence-corrected chi connectivity index (χ1v) is 9.58. The first-order valence-electron chi connectivity index (χ1n) is 8.81. The third-order valence-electron chi connectivity index (χ3n) is 4.23. The number of halogens is 1. The maximum Gasteiger partial charge on any atom is 0.413 e. The molecule has 1 aliphatic heterocycles. The normalized spacial score (nSPS) is 16.0. The zero-order chi connectivity index (χ0) is 20.2. The summed E-state index contributed by atoms with van der Waals surface area (Å²) < 4.78 is 38.5. The molecule has 1 fully saturated rings. The van der Waals surface area contributed by atoms with Crippen LogP contribution in [0.15, 0.2) is 28.9 Å². The third kappa shape index (κ3) is 4.69. The highest BCUT2D eigenvalue weighted by molar-refractivity contribution is 7.08. The smallest absolute Gasteiger partial charge is 0.413 e. The van der Waals surface area contributed by atoms with E-state index in [1.807, 2.05) is 0 Å². The van der Waals surface area contributed by atoms with Crippen LogP contribution in [0.5, 0.6) is 10.9 Å². The van der Waals surface area contributed by atoms with Crippen LogP contribution in [0.4, 0.5) is 9.18 Å². The van der Waals surface area contributed by atoms with E-state index < -0.39 is 11.9 Å². The number of aromatic nitrogens is 3. The lowest BCUT2D eigenvalue weighted by atomic mass is 10.1. The molecule has 4 rings (SSSR count). The van der Waals surface area contributed by atoms with Crippen LogP contribution in [0.2, 0.25) is 0 Å². The lowest BCUT2D eigenvalue weighted by molar-refractivity contribution is 0.179. The number of nitrogens with zero attached hydrogens (tertiary/aromatic N) is 3. The van der Waals surface area contributed by atoms with E-state index in [0.717, 1.165) is 24.2 Å². The van der Waals surface area contributed by atoms with E-state index in [9.17, 15) is 9.18 Å². The van der Waals surface area contributed by atoms with E-state index in [1.54, 1.807) is 6.92 Å². The summed E-state index contributed by atoms with van der Waals surface area (Å²) in [4.78, 5) is 15.9. The summed E-state index contributed by atoms with van der Waals surface area (Å²) >= 11 is 0.997. The van der Waals surface area contributed by atoms with Gasteiger partial charge in [0.2, 0.25) is 10.9 Å². The van der Waals surface area contributed by atoms with Gasteiger partial charge in [0.05, 0.1) is 36.2 Å². The van der Waals surface area contributed by atoms with Crippen molar-refractivity contribution in [2.24, 2.45) is 0 Å². The third-order valence-corrected chi connectivity index (χ3v) is 4.88.